The van der Waals surface area contributed by atoms with Gasteiger partial charge in [0.25, 0.3) is 0 Å². The number of rotatable bonds is 4. The summed E-state index contributed by atoms with van der Waals surface area (Å²) in [5.74, 6) is -1.66. The van der Waals surface area contributed by atoms with Gasteiger partial charge in [0.1, 0.15) is 0 Å². The number of nitrogens with zero attached hydrogens (tertiary/aromatic N) is 2. The Morgan fingerprint density at radius 2 is 1.94 bits per heavy atom. The van der Waals surface area contributed by atoms with Crippen molar-refractivity contribution in [3.8, 4) is 0 Å². The van der Waals surface area contributed by atoms with Gasteiger partial charge in [-0.25, -0.2) is 8.78 Å². The minimum Gasteiger partial charge on any atom is -0.307 e. The van der Waals surface area contributed by atoms with Gasteiger partial charge in [-0.05, 0) is 29.8 Å². The van der Waals surface area contributed by atoms with Crippen molar-refractivity contribution < 1.29 is 8.78 Å². The topological polar surface area (TPSA) is 37.8 Å². The molecule has 1 aromatic heterocycles. The zero-order valence-corrected chi connectivity index (χ0v) is 9.03. The van der Waals surface area contributed by atoms with E-state index in [0.717, 1.165) is 11.8 Å². The van der Waals surface area contributed by atoms with E-state index in [1.807, 2.05) is 6.07 Å². The van der Waals surface area contributed by atoms with Crippen LogP contribution in [0, 0.1) is 11.6 Å². The minimum absolute atomic E-state index is 0.452. The lowest BCUT2D eigenvalue weighted by Crippen LogP contribution is -2.14. The van der Waals surface area contributed by atoms with Crippen LogP contribution >= 0.6 is 0 Å². The number of hydrogen-bond donors (Lipinski definition) is 1. The molecule has 1 N–H and O–H groups in total. The molecule has 3 nitrogen and oxygen atoms in total. The third-order valence-electron chi connectivity index (χ3n) is 2.25. The van der Waals surface area contributed by atoms with E-state index in [4.69, 9.17) is 0 Å². The minimum atomic E-state index is -0.831. The molecule has 2 rings (SSSR count). The molecule has 0 spiro atoms. The molecule has 0 aliphatic carbocycles. The SMILES string of the molecule is Fc1ccc(CNCc2cccnn2)cc1F. The molecular formula is C12H11F2N3. The summed E-state index contributed by atoms with van der Waals surface area (Å²) in [5.41, 5.74) is 1.49. The van der Waals surface area contributed by atoms with Crippen LogP contribution in [-0.2, 0) is 13.1 Å². The molecular weight excluding hydrogens is 224 g/mol. The van der Waals surface area contributed by atoms with Crippen molar-refractivity contribution in [2.75, 3.05) is 0 Å². The third-order valence-corrected chi connectivity index (χ3v) is 2.25. The van der Waals surface area contributed by atoms with Crippen LogP contribution in [0.15, 0.2) is 36.5 Å². The summed E-state index contributed by atoms with van der Waals surface area (Å²) >= 11 is 0. The molecule has 0 amide bonds. The lowest BCUT2D eigenvalue weighted by atomic mass is 10.2. The largest absolute Gasteiger partial charge is 0.307 e. The molecule has 0 aliphatic heterocycles. The predicted molar refractivity (Wildman–Crippen MR) is 58.9 cm³/mol. The van der Waals surface area contributed by atoms with Crippen LogP contribution in [-0.4, -0.2) is 10.2 Å². The quantitative estimate of drug-likeness (QED) is 0.881. The molecule has 0 atom stereocenters. The third kappa shape index (κ3) is 3.29. The van der Waals surface area contributed by atoms with E-state index in [-0.39, 0.29) is 0 Å². The Kier molecular flexibility index (Phi) is 3.72. The molecule has 0 saturated heterocycles. The first kappa shape index (κ1) is 11.6. The van der Waals surface area contributed by atoms with Crippen molar-refractivity contribution in [3.05, 3.63) is 59.4 Å². The van der Waals surface area contributed by atoms with Crippen LogP contribution in [0.25, 0.3) is 0 Å². The highest BCUT2D eigenvalue weighted by Crippen LogP contribution is 2.08. The number of aromatic nitrogens is 2. The van der Waals surface area contributed by atoms with Gasteiger partial charge in [0.15, 0.2) is 11.6 Å². The monoisotopic (exact) mass is 235 g/mol. The highest BCUT2D eigenvalue weighted by atomic mass is 19.2. The van der Waals surface area contributed by atoms with Crippen LogP contribution < -0.4 is 5.32 Å². The lowest BCUT2D eigenvalue weighted by Gasteiger charge is -2.04. The standard InChI is InChI=1S/C12H11F2N3/c13-11-4-3-9(6-12(11)14)7-15-8-10-2-1-5-16-17-10/h1-6,15H,7-8H2. The summed E-state index contributed by atoms with van der Waals surface area (Å²) in [7, 11) is 0. The molecule has 1 heterocycles. The molecule has 0 saturated carbocycles. The van der Waals surface area contributed by atoms with E-state index in [1.165, 1.54) is 6.07 Å². The van der Waals surface area contributed by atoms with Crippen molar-refractivity contribution in [1.29, 1.82) is 0 Å². The van der Waals surface area contributed by atoms with Crippen LogP contribution in [0.5, 0.6) is 0 Å². The molecule has 0 unspecified atom stereocenters. The van der Waals surface area contributed by atoms with Gasteiger partial charge in [-0.15, -0.1) is 0 Å². The second-order valence-corrected chi connectivity index (χ2v) is 3.57. The number of nitrogens with one attached hydrogen (secondary N) is 1. The van der Waals surface area contributed by atoms with E-state index < -0.39 is 11.6 Å². The number of halogens is 2. The van der Waals surface area contributed by atoms with Gasteiger partial charge in [-0.1, -0.05) is 6.07 Å². The first-order chi connectivity index (χ1) is 8.25. The summed E-state index contributed by atoms with van der Waals surface area (Å²) in [5, 5.41) is 10.7. The van der Waals surface area contributed by atoms with E-state index >= 15 is 0 Å². The van der Waals surface area contributed by atoms with E-state index in [2.05, 4.69) is 15.5 Å². The molecule has 88 valence electrons. The van der Waals surface area contributed by atoms with Crippen LogP contribution in [0.1, 0.15) is 11.3 Å². The average Bonchev–Trinajstić information content (AvgIpc) is 2.35. The summed E-state index contributed by atoms with van der Waals surface area (Å²) in [6, 6.07) is 7.47. The van der Waals surface area contributed by atoms with Gasteiger partial charge in [0.05, 0.1) is 5.69 Å². The summed E-state index contributed by atoms with van der Waals surface area (Å²) in [6.07, 6.45) is 1.60. The van der Waals surface area contributed by atoms with Crippen molar-refractivity contribution in [3.63, 3.8) is 0 Å². The van der Waals surface area contributed by atoms with E-state index in [0.29, 0.717) is 18.7 Å². The van der Waals surface area contributed by atoms with Crippen molar-refractivity contribution in [2.45, 2.75) is 13.1 Å². The molecule has 17 heavy (non-hydrogen) atoms. The van der Waals surface area contributed by atoms with Crippen LogP contribution in [0.2, 0.25) is 0 Å². The van der Waals surface area contributed by atoms with Crippen molar-refractivity contribution in [2.24, 2.45) is 0 Å². The zero-order chi connectivity index (χ0) is 12.1. The Bertz CT molecular complexity index is 488. The molecule has 0 aliphatic rings. The van der Waals surface area contributed by atoms with Crippen molar-refractivity contribution >= 4 is 0 Å². The number of benzene rings is 1. The molecule has 5 heteroatoms. The van der Waals surface area contributed by atoms with Gasteiger partial charge in [-0.3, -0.25) is 0 Å². The van der Waals surface area contributed by atoms with Crippen LogP contribution in [0.4, 0.5) is 8.78 Å². The molecule has 0 fully saturated rings. The Balaban J connectivity index is 1.88. The van der Waals surface area contributed by atoms with Gasteiger partial charge in [0.2, 0.25) is 0 Å². The van der Waals surface area contributed by atoms with Crippen molar-refractivity contribution in [1.82, 2.24) is 15.5 Å². The zero-order valence-electron chi connectivity index (χ0n) is 9.03. The van der Waals surface area contributed by atoms with E-state index in [9.17, 15) is 8.78 Å². The fourth-order valence-corrected chi connectivity index (χ4v) is 1.41. The molecule has 0 radical (unpaired) electrons. The fraction of sp³-hybridized carbons (Fsp3) is 0.167. The normalized spacial score (nSPS) is 10.5. The highest BCUT2D eigenvalue weighted by molar-refractivity contribution is 5.17. The molecule has 2 aromatic rings. The van der Waals surface area contributed by atoms with Gasteiger partial charge in [-0.2, -0.15) is 10.2 Å². The van der Waals surface area contributed by atoms with Gasteiger partial charge < -0.3 is 5.32 Å². The fourth-order valence-electron chi connectivity index (χ4n) is 1.41. The Labute approximate surface area is 97.5 Å². The van der Waals surface area contributed by atoms with Gasteiger partial charge >= 0.3 is 0 Å². The second-order valence-electron chi connectivity index (χ2n) is 3.57. The van der Waals surface area contributed by atoms with E-state index in [1.54, 1.807) is 18.3 Å². The summed E-state index contributed by atoms with van der Waals surface area (Å²) < 4.78 is 25.6. The average molecular weight is 235 g/mol. The second kappa shape index (κ2) is 5.45. The first-order valence-corrected chi connectivity index (χ1v) is 5.17. The Morgan fingerprint density at radius 1 is 1.06 bits per heavy atom. The predicted octanol–water partition coefficient (Wildman–Crippen LogP) is 2.04. The molecule has 1 aromatic carbocycles. The first-order valence-electron chi connectivity index (χ1n) is 5.17. The number of hydrogen-bond acceptors (Lipinski definition) is 3. The highest BCUT2D eigenvalue weighted by Gasteiger charge is 2.02. The maximum absolute atomic E-state index is 12.9. The lowest BCUT2D eigenvalue weighted by molar-refractivity contribution is 0.506. The molecule has 0 bridgehead atoms. The summed E-state index contributed by atoms with van der Waals surface area (Å²) in [6.45, 7) is 0.987. The maximum Gasteiger partial charge on any atom is 0.159 e. The summed E-state index contributed by atoms with van der Waals surface area (Å²) in [4.78, 5) is 0. The Hall–Kier alpha value is -1.88. The smallest absolute Gasteiger partial charge is 0.159 e. The van der Waals surface area contributed by atoms with Crippen LogP contribution in [0.3, 0.4) is 0 Å². The maximum atomic E-state index is 12.9. The van der Waals surface area contributed by atoms with Gasteiger partial charge in [0, 0.05) is 19.3 Å². The Morgan fingerprint density at radius 3 is 2.65 bits per heavy atom.